The van der Waals surface area contributed by atoms with E-state index in [1.807, 2.05) is 62.4 Å². The molecule has 0 spiro atoms. The van der Waals surface area contributed by atoms with E-state index >= 15 is 0 Å². The summed E-state index contributed by atoms with van der Waals surface area (Å²) in [7, 11) is 1.61. The highest BCUT2D eigenvalue weighted by atomic mass is 35.5. The SMILES string of the molecule is COc1ccc(/C=C/C(=O)Nc2c(C)nn(Cc3ccc(F)cc3Cl)c2C)cc1COc1ccccc1. The zero-order chi connectivity index (χ0) is 26.4. The van der Waals surface area contributed by atoms with Gasteiger partial charge in [0, 0.05) is 16.7 Å². The Kier molecular flexibility index (Phi) is 8.25. The Labute approximate surface area is 220 Å². The van der Waals surface area contributed by atoms with E-state index in [-0.39, 0.29) is 5.91 Å². The zero-order valence-electron chi connectivity index (χ0n) is 20.8. The third kappa shape index (κ3) is 6.57. The van der Waals surface area contributed by atoms with Crippen molar-refractivity contribution in [2.45, 2.75) is 27.0 Å². The first kappa shape index (κ1) is 26.0. The van der Waals surface area contributed by atoms with Crippen molar-refractivity contribution in [1.29, 1.82) is 0 Å². The van der Waals surface area contributed by atoms with E-state index in [0.717, 1.165) is 28.1 Å². The molecule has 1 aromatic heterocycles. The van der Waals surface area contributed by atoms with Crippen LogP contribution in [-0.2, 0) is 17.9 Å². The third-order valence-electron chi connectivity index (χ3n) is 5.83. The molecule has 3 aromatic carbocycles. The predicted molar refractivity (Wildman–Crippen MR) is 144 cm³/mol. The van der Waals surface area contributed by atoms with E-state index in [1.54, 1.807) is 23.9 Å². The van der Waals surface area contributed by atoms with Gasteiger partial charge in [0.1, 0.15) is 23.9 Å². The van der Waals surface area contributed by atoms with Crippen molar-refractivity contribution >= 4 is 29.3 Å². The minimum Gasteiger partial charge on any atom is -0.496 e. The second kappa shape index (κ2) is 11.8. The summed E-state index contributed by atoms with van der Waals surface area (Å²) in [6.07, 6.45) is 3.20. The summed E-state index contributed by atoms with van der Waals surface area (Å²) in [5.41, 5.74) is 4.49. The molecule has 4 aromatic rings. The molecule has 1 heterocycles. The van der Waals surface area contributed by atoms with Crippen molar-refractivity contribution in [1.82, 2.24) is 9.78 Å². The van der Waals surface area contributed by atoms with Crippen LogP contribution in [0.5, 0.6) is 11.5 Å². The lowest BCUT2D eigenvalue weighted by Crippen LogP contribution is -2.10. The van der Waals surface area contributed by atoms with E-state index in [1.165, 1.54) is 18.2 Å². The number of carbonyl (C=O) groups excluding carboxylic acids is 1. The van der Waals surface area contributed by atoms with E-state index in [0.29, 0.717) is 35.3 Å². The maximum absolute atomic E-state index is 13.4. The fraction of sp³-hybridized carbons (Fsp3) is 0.172. The molecule has 0 fully saturated rings. The Balaban J connectivity index is 1.44. The van der Waals surface area contributed by atoms with Gasteiger partial charge in [-0.15, -0.1) is 0 Å². The molecule has 190 valence electrons. The summed E-state index contributed by atoms with van der Waals surface area (Å²) < 4.78 is 26.4. The molecular weight excluding hydrogens is 493 g/mol. The highest BCUT2D eigenvalue weighted by Gasteiger charge is 2.15. The normalized spacial score (nSPS) is 11.1. The fourth-order valence-electron chi connectivity index (χ4n) is 3.87. The number of ether oxygens (including phenoxy) is 2. The summed E-state index contributed by atoms with van der Waals surface area (Å²) >= 11 is 6.17. The number of nitrogens with one attached hydrogen (secondary N) is 1. The first-order valence-electron chi connectivity index (χ1n) is 11.7. The van der Waals surface area contributed by atoms with Crippen molar-refractivity contribution < 1.29 is 18.7 Å². The lowest BCUT2D eigenvalue weighted by molar-refractivity contribution is -0.111. The minimum atomic E-state index is -0.394. The smallest absolute Gasteiger partial charge is 0.248 e. The number of halogens is 2. The molecule has 0 unspecified atom stereocenters. The number of methoxy groups -OCH3 is 1. The Morgan fingerprint density at radius 3 is 2.59 bits per heavy atom. The van der Waals surface area contributed by atoms with Crippen LogP contribution in [0.3, 0.4) is 0 Å². The Morgan fingerprint density at radius 1 is 1.08 bits per heavy atom. The van der Waals surface area contributed by atoms with Crippen LogP contribution in [0.1, 0.15) is 28.1 Å². The van der Waals surface area contributed by atoms with Crippen molar-refractivity contribution in [3.05, 3.63) is 112 Å². The summed E-state index contributed by atoms with van der Waals surface area (Å²) in [5, 5.41) is 7.75. The standard InChI is InChI=1S/C29H27ClFN3O3/c1-19-29(20(2)34(33-19)17-22-11-12-24(31)16-26(22)30)32-28(35)14-10-21-9-13-27(36-3)23(15-21)18-37-25-7-5-4-6-8-25/h4-16H,17-18H2,1-3H3,(H,32,35)/b14-10+. The number of hydrogen-bond donors (Lipinski definition) is 1. The molecule has 1 N–H and O–H groups in total. The molecule has 0 atom stereocenters. The van der Waals surface area contributed by atoms with Crippen LogP contribution in [0.2, 0.25) is 5.02 Å². The molecule has 0 bridgehead atoms. The van der Waals surface area contributed by atoms with Gasteiger partial charge >= 0.3 is 0 Å². The second-order valence-electron chi connectivity index (χ2n) is 8.43. The van der Waals surface area contributed by atoms with Gasteiger partial charge in [0.2, 0.25) is 5.91 Å². The van der Waals surface area contributed by atoms with Gasteiger partial charge in [0.25, 0.3) is 0 Å². The first-order valence-corrected chi connectivity index (χ1v) is 12.0. The molecule has 0 aliphatic carbocycles. The number of aryl methyl sites for hydroxylation is 1. The van der Waals surface area contributed by atoms with Gasteiger partial charge in [-0.25, -0.2) is 4.39 Å². The van der Waals surface area contributed by atoms with Gasteiger partial charge in [0.15, 0.2) is 0 Å². The summed E-state index contributed by atoms with van der Waals surface area (Å²) in [4.78, 5) is 12.7. The molecule has 8 heteroatoms. The summed E-state index contributed by atoms with van der Waals surface area (Å²) in [6, 6.07) is 19.4. The van der Waals surface area contributed by atoms with Gasteiger partial charge < -0.3 is 14.8 Å². The fourth-order valence-corrected chi connectivity index (χ4v) is 4.10. The van der Waals surface area contributed by atoms with E-state index in [4.69, 9.17) is 21.1 Å². The number of para-hydroxylation sites is 1. The van der Waals surface area contributed by atoms with Crippen LogP contribution >= 0.6 is 11.6 Å². The van der Waals surface area contributed by atoms with Crippen LogP contribution in [-0.4, -0.2) is 22.8 Å². The van der Waals surface area contributed by atoms with Crippen molar-refractivity contribution in [2.75, 3.05) is 12.4 Å². The molecule has 6 nitrogen and oxygen atoms in total. The third-order valence-corrected chi connectivity index (χ3v) is 6.19. The average Bonchev–Trinajstić information content (AvgIpc) is 3.15. The minimum absolute atomic E-state index is 0.288. The number of rotatable bonds is 9. The molecular formula is C29H27ClFN3O3. The van der Waals surface area contributed by atoms with Crippen LogP contribution in [0, 0.1) is 19.7 Å². The lowest BCUT2D eigenvalue weighted by Gasteiger charge is -2.11. The maximum atomic E-state index is 13.4. The first-order chi connectivity index (χ1) is 17.8. The number of benzene rings is 3. The largest absolute Gasteiger partial charge is 0.496 e. The van der Waals surface area contributed by atoms with Crippen LogP contribution in [0.15, 0.2) is 72.8 Å². The monoisotopic (exact) mass is 519 g/mol. The van der Waals surface area contributed by atoms with Gasteiger partial charge in [0.05, 0.1) is 30.7 Å². The van der Waals surface area contributed by atoms with Crippen molar-refractivity contribution in [3.63, 3.8) is 0 Å². The Bertz CT molecular complexity index is 1430. The van der Waals surface area contributed by atoms with Crippen molar-refractivity contribution in [3.8, 4) is 11.5 Å². The van der Waals surface area contributed by atoms with Crippen LogP contribution < -0.4 is 14.8 Å². The highest BCUT2D eigenvalue weighted by molar-refractivity contribution is 6.31. The number of aromatic nitrogens is 2. The molecule has 1 amide bonds. The van der Waals surface area contributed by atoms with Crippen molar-refractivity contribution in [2.24, 2.45) is 0 Å². The number of nitrogens with zero attached hydrogens (tertiary/aromatic N) is 2. The van der Waals surface area contributed by atoms with Gasteiger partial charge in [-0.05, 0) is 67.4 Å². The molecule has 0 saturated carbocycles. The Hall–Kier alpha value is -4.10. The Morgan fingerprint density at radius 2 is 1.86 bits per heavy atom. The summed E-state index contributed by atoms with van der Waals surface area (Å²) in [5.74, 6) is 0.786. The molecule has 4 rings (SSSR count). The van der Waals surface area contributed by atoms with Gasteiger partial charge in [-0.3, -0.25) is 9.48 Å². The predicted octanol–water partition coefficient (Wildman–Crippen LogP) is 6.58. The quantitative estimate of drug-likeness (QED) is 0.254. The molecule has 0 radical (unpaired) electrons. The second-order valence-corrected chi connectivity index (χ2v) is 8.84. The topological polar surface area (TPSA) is 65.4 Å². The lowest BCUT2D eigenvalue weighted by atomic mass is 10.1. The molecule has 0 aliphatic heterocycles. The van der Waals surface area contributed by atoms with Gasteiger partial charge in [-0.1, -0.05) is 41.9 Å². The maximum Gasteiger partial charge on any atom is 0.248 e. The molecule has 0 aliphatic rings. The van der Waals surface area contributed by atoms with E-state index < -0.39 is 5.82 Å². The van der Waals surface area contributed by atoms with E-state index in [2.05, 4.69) is 10.4 Å². The van der Waals surface area contributed by atoms with Crippen LogP contribution in [0.25, 0.3) is 6.08 Å². The number of hydrogen-bond acceptors (Lipinski definition) is 4. The average molecular weight is 520 g/mol. The zero-order valence-corrected chi connectivity index (χ0v) is 21.6. The van der Waals surface area contributed by atoms with Crippen LogP contribution in [0.4, 0.5) is 10.1 Å². The number of amides is 1. The highest BCUT2D eigenvalue weighted by Crippen LogP contribution is 2.25. The van der Waals surface area contributed by atoms with E-state index in [9.17, 15) is 9.18 Å². The molecule has 0 saturated heterocycles. The van der Waals surface area contributed by atoms with Gasteiger partial charge in [-0.2, -0.15) is 5.10 Å². The number of anilines is 1. The number of carbonyl (C=O) groups is 1. The molecule has 37 heavy (non-hydrogen) atoms. The summed E-state index contributed by atoms with van der Waals surface area (Å²) in [6.45, 7) is 4.37.